The zero-order chi connectivity index (χ0) is 19.5. The van der Waals surface area contributed by atoms with Crippen molar-refractivity contribution in [3.8, 4) is 0 Å². The first-order chi connectivity index (χ1) is 12.1. The van der Waals surface area contributed by atoms with Crippen molar-refractivity contribution in [1.82, 2.24) is 0 Å². The molecule has 0 bridgehead atoms. The topological polar surface area (TPSA) is 116 Å². The van der Waals surface area contributed by atoms with Crippen molar-refractivity contribution in [2.45, 2.75) is 17.9 Å². The first kappa shape index (κ1) is 19.3. The average molecular weight is 384 g/mol. The first-order valence-electron chi connectivity index (χ1n) is 7.18. The van der Waals surface area contributed by atoms with Gasteiger partial charge in [0.05, 0.1) is 10.5 Å². The van der Waals surface area contributed by atoms with Crippen LogP contribution in [0, 0.1) is 11.6 Å². The molecule has 2 aromatic rings. The molecule has 1 atom stereocenters. The van der Waals surface area contributed by atoms with Crippen molar-refractivity contribution in [3.63, 3.8) is 0 Å². The number of sulfonamides is 1. The van der Waals surface area contributed by atoms with Crippen LogP contribution in [0.3, 0.4) is 0 Å². The highest BCUT2D eigenvalue weighted by atomic mass is 32.2. The van der Waals surface area contributed by atoms with E-state index in [1.807, 2.05) is 0 Å². The second-order valence-corrected chi connectivity index (χ2v) is 6.89. The van der Waals surface area contributed by atoms with Crippen LogP contribution in [0.25, 0.3) is 0 Å². The van der Waals surface area contributed by atoms with Gasteiger partial charge < -0.3 is 10.5 Å². The van der Waals surface area contributed by atoms with Crippen molar-refractivity contribution < 1.29 is 31.5 Å². The van der Waals surface area contributed by atoms with E-state index in [-0.39, 0.29) is 11.3 Å². The van der Waals surface area contributed by atoms with Crippen LogP contribution in [-0.4, -0.2) is 26.4 Å². The summed E-state index contributed by atoms with van der Waals surface area (Å²) in [6, 6.07) is 7.32. The molecule has 0 aliphatic heterocycles. The van der Waals surface area contributed by atoms with E-state index in [0.29, 0.717) is 12.1 Å². The number of primary amides is 1. The highest BCUT2D eigenvalue weighted by Gasteiger charge is 2.19. The first-order valence-corrected chi connectivity index (χ1v) is 8.66. The number of nitrogens with two attached hydrogens (primary N) is 1. The van der Waals surface area contributed by atoms with Gasteiger partial charge >= 0.3 is 5.97 Å². The standard InChI is InChI=1S/C16H14F2N2O5S/c1-9(15(19)21)25-16(22)10-3-2-4-11(7-10)20-26(23,24)12-5-6-13(17)14(18)8-12/h2-9,20H,1H3,(H2,19,21)/t9-/m0/s1. The smallest absolute Gasteiger partial charge is 0.338 e. The van der Waals surface area contributed by atoms with Crippen LogP contribution in [0.1, 0.15) is 17.3 Å². The number of carbonyl (C=O) groups excluding carboxylic acids is 2. The maximum atomic E-state index is 13.2. The Morgan fingerprint density at radius 2 is 1.81 bits per heavy atom. The van der Waals surface area contributed by atoms with Crippen LogP contribution in [0.5, 0.6) is 0 Å². The zero-order valence-corrected chi connectivity index (χ0v) is 14.2. The molecule has 0 aromatic heterocycles. The Kier molecular flexibility index (Phi) is 5.56. The monoisotopic (exact) mass is 384 g/mol. The van der Waals surface area contributed by atoms with Crippen molar-refractivity contribution in [2.24, 2.45) is 5.73 Å². The van der Waals surface area contributed by atoms with Crippen molar-refractivity contribution in [2.75, 3.05) is 4.72 Å². The second kappa shape index (κ2) is 7.48. The summed E-state index contributed by atoms with van der Waals surface area (Å²) in [6.07, 6.45) is -1.16. The Morgan fingerprint density at radius 3 is 2.42 bits per heavy atom. The minimum atomic E-state index is -4.21. The molecule has 0 aliphatic carbocycles. The Labute approximate surface area is 147 Å². The predicted octanol–water partition coefficient (Wildman–Crippen LogP) is 1.80. The van der Waals surface area contributed by atoms with Crippen LogP contribution in [0.2, 0.25) is 0 Å². The van der Waals surface area contributed by atoms with E-state index in [2.05, 4.69) is 4.72 Å². The molecule has 0 saturated carbocycles. The fourth-order valence-corrected chi connectivity index (χ4v) is 2.92. The van der Waals surface area contributed by atoms with Crippen LogP contribution in [0.4, 0.5) is 14.5 Å². The van der Waals surface area contributed by atoms with Crippen molar-refractivity contribution in [1.29, 1.82) is 0 Å². The van der Waals surface area contributed by atoms with E-state index >= 15 is 0 Å². The lowest BCUT2D eigenvalue weighted by molar-refractivity contribution is -0.125. The maximum absolute atomic E-state index is 13.2. The molecule has 10 heteroatoms. The Bertz CT molecular complexity index is 963. The summed E-state index contributed by atoms with van der Waals surface area (Å²) in [5.74, 6) is -4.22. The molecule has 2 aromatic carbocycles. The Morgan fingerprint density at radius 1 is 1.12 bits per heavy atom. The largest absolute Gasteiger partial charge is 0.449 e. The van der Waals surface area contributed by atoms with Gasteiger partial charge in [0.15, 0.2) is 17.7 Å². The minimum Gasteiger partial charge on any atom is -0.449 e. The molecule has 0 radical (unpaired) electrons. The van der Waals surface area contributed by atoms with Gasteiger partial charge in [-0.1, -0.05) is 6.07 Å². The molecule has 0 spiro atoms. The Balaban J connectivity index is 2.23. The minimum absolute atomic E-state index is 0.0177. The third-order valence-electron chi connectivity index (χ3n) is 3.24. The summed E-state index contributed by atoms with van der Waals surface area (Å²) in [5, 5.41) is 0. The normalized spacial score (nSPS) is 12.3. The van der Waals surface area contributed by atoms with Gasteiger partial charge in [0.1, 0.15) is 0 Å². The molecule has 138 valence electrons. The van der Waals surface area contributed by atoms with Gasteiger partial charge in [0.2, 0.25) is 0 Å². The molecule has 26 heavy (non-hydrogen) atoms. The Hall–Kier alpha value is -3.01. The lowest BCUT2D eigenvalue weighted by Gasteiger charge is -2.11. The molecule has 0 fully saturated rings. The third-order valence-corrected chi connectivity index (χ3v) is 4.62. The SMILES string of the molecule is C[C@H](OC(=O)c1cccc(NS(=O)(=O)c2ccc(F)c(F)c2)c1)C(N)=O. The quantitative estimate of drug-likeness (QED) is 0.737. The number of rotatable bonds is 6. The van der Waals surface area contributed by atoms with Gasteiger partial charge in [-0.05, 0) is 43.3 Å². The summed E-state index contributed by atoms with van der Waals surface area (Å²) in [5.41, 5.74) is 4.94. The molecule has 2 rings (SSSR count). The number of nitrogens with one attached hydrogen (secondary N) is 1. The van der Waals surface area contributed by atoms with Crippen LogP contribution < -0.4 is 10.5 Å². The molecule has 0 unspecified atom stereocenters. The zero-order valence-electron chi connectivity index (χ0n) is 13.4. The summed E-state index contributed by atoms with van der Waals surface area (Å²) >= 11 is 0. The highest BCUT2D eigenvalue weighted by Crippen LogP contribution is 2.19. The molecule has 7 nitrogen and oxygen atoms in total. The maximum Gasteiger partial charge on any atom is 0.338 e. The highest BCUT2D eigenvalue weighted by molar-refractivity contribution is 7.92. The molecule has 0 aliphatic rings. The van der Waals surface area contributed by atoms with Gasteiger partial charge in [-0.25, -0.2) is 22.0 Å². The van der Waals surface area contributed by atoms with E-state index in [9.17, 15) is 26.8 Å². The number of ether oxygens (including phenoxy) is 1. The van der Waals surface area contributed by atoms with Crippen LogP contribution in [-0.2, 0) is 19.6 Å². The molecular formula is C16H14F2N2O5S. The number of anilines is 1. The molecule has 0 saturated heterocycles. The number of esters is 1. The summed E-state index contributed by atoms with van der Waals surface area (Å²) in [7, 11) is -4.21. The summed E-state index contributed by atoms with van der Waals surface area (Å²) in [6.45, 7) is 1.29. The lowest BCUT2D eigenvalue weighted by Crippen LogP contribution is -2.30. The number of hydrogen-bond donors (Lipinski definition) is 2. The van der Waals surface area contributed by atoms with Crippen LogP contribution >= 0.6 is 0 Å². The van der Waals surface area contributed by atoms with Gasteiger partial charge in [-0.3, -0.25) is 9.52 Å². The van der Waals surface area contributed by atoms with E-state index in [4.69, 9.17) is 10.5 Å². The lowest BCUT2D eigenvalue weighted by atomic mass is 10.2. The average Bonchev–Trinajstić information content (AvgIpc) is 2.56. The van der Waals surface area contributed by atoms with Crippen molar-refractivity contribution in [3.05, 3.63) is 59.7 Å². The van der Waals surface area contributed by atoms with E-state index < -0.39 is 44.5 Å². The number of halogens is 2. The number of hydrogen-bond acceptors (Lipinski definition) is 5. The van der Waals surface area contributed by atoms with Gasteiger partial charge in [-0.15, -0.1) is 0 Å². The molecule has 0 heterocycles. The molecule has 3 N–H and O–H groups in total. The van der Waals surface area contributed by atoms with Gasteiger partial charge in [0.25, 0.3) is 15.9 Å². The van der Waals surface area contributed by atoms with E-state index in [1.165, 1.54) is 25.1 Å². The fourth-order valence-electron chi connectivity index (χ4n) is 1.85. The third kappa shape index (κ3) is 4.54. The fraction of sp³-hybridized carbons (Fsp3) is 0.125. The molecular weight excluding hydrogens is 370 g/mol. The number of carbonyl (C=O) groups is 2. The summed E-state index contributed by atoms with van der Waals surface area (Å²) in [4.78, 5) is 22.4. The number of benzene rings is 2. The van der Waals surface area contributed by atoms with Crippen molar-refractivity contribution >= 4 is 27.6 Å². The molecule has 1 amide bonds. The second-order valence-electron chi connectivity index (χ2n) is 5.21. The summed E-state index contributed by atoms with van der Waals surface area (Å²) < 4.78 is 57.6. The van der Waals surface area contributed by atoms with Crippen LogP contribution in [0.15, 0.2) is 47.4 Å². The van der Waals surface area contributed by atoms with E-state index in [0.717, 1.165) is 12.1 Å². The number of amides is 1. The predicted molar refractivity (Wildman–Crippen MR) is 87.7 cm³/mol. The van der Waals surface area contributed by atoms with E-state index in [1.54, 1.807) is 0 Å². The van der Waals surface area contributed by atoms with Gasteiger partial charge in [-0.2, -0.15) is 0 Å². The van der Waals surface area contributed by atoms with Gasteiger partial charge in [0, 0.05) is 5.69 Å².